The van der Waals surface area contributed by atoms with Crippen LogP contribution in [0.15, 0.2) is 212 Å². The fourth-order valence-corrected chi connectivity index (χ4v) is 10.4. The minimum atomic E-state index is 1.10. The summed E-state index contributed by atoms with van der Waals surface area (Å²) >= 11 is 1.89. The normalized spacial score (nSPS) is 11.8. The van der Waals surface area contributed by atoms with Crippen LogP contribution in [0.3, 0.4) is 0 Å². The number of fused-ring (bicyclic) bond motifs is 10. The van der Waals surface area contributed by atoms with Crippen molar-refractivity contribution in [3.63, 3.8) is 0 Å². The van der Waals surface area contributed by atoms with E-state index in [1.807, 2.05) is 11.3 Å². The van der Waals surface area contributed by atoms with E-state index >= 15 is 0 Å². The Kier molecular flexibility index (Phi) is 7.40. The third-order valence-electron chi connectivity index (χ3n) is 11.7. The molecule has 0 radical (unpaired) electrons. The van der Waals surface area contributed by atoms with Gasteiger partial charge in [0.05, 0.1) is 22.1 Å². The molecule has 0 bridgehead atoms. The van der Waals surface area contributed by atoms with E-state index in [9.17, 15) is 0 Å². The van der Waals surface area contributed by atoms with Crippen LogP contribution < -0.4 is 4.90 Å². The van der Waals surface area contributed by atoms with Crippen molar-refractivity contribution < 1.29 is 0 Å². The first-order valence-corrected chi connectivity index (χ1v) is 20.6. The molecular formula is C54H35N3S. The standard InChI is InChI=1S/C54H35N3S/c1-4-14-36(15-5-1)37-24-26-40(27-25-37)55(41-28-31-49-46(34-41)43-20-10-12-22-48(43)56(49)38-16-6-2-7-17-38)42-29-32-50-47(35-42)53-51(57(50)39-18-8-3-9-19-39)33-30-45-44-21-11-13-23-52(44)58-54(45)53/h1-35H. The Balaban J connectivity index is 1.13. The summed E-state index contributed by atoms with van der Waals surface area (Å²) in [7, 11) is 0. The Labute approximate surface area is 339 Å². The predicted molar refractivity (Wildman–Crippen MR) is 248 cm³/mol. The largest absolute Gasteiger partial charge is 0.310 e. The topological polar surface area (TPSA) is 13.1 Å². The van der Waals surface area contributed by atoms with E-state index in [1.165, 1.54) is 74.9 Å². The van der Waals surface area contributed by atoms with Crippen molar-refractivity contribution >= 4 is 92.2 Å². The molecule has 58 heavy (non-hydrogen) atoms. The second-order valence-electron chi connectivity index (χ2n) is 14.9. The average molecular weight is 758 g/mol. The number of aromatic nitrogens is 2. The van der Waals surface area contributed by atoms with Gasteiger partial charge < -0.3 is 14.0 Å². The molecule has 3 aromatic heterocycles. The van der Waals surface area contributed by atoms with Gasteiger partial charge in [-0.2, -0.15) is 0 Å². The maximum absolute atomic E-state index is 2.43. The number of hydrogen-bond acceptors (Lipinski definition) is 2. The first-order chi connectivity index (χ1) is 28.8. The van der Waals surface area contributed by atoms with Crippen LogP contribution in [0.5, 0.6) is 0 Å². The average Bonchev–Trinajstić information content (AvgIpc) is 3.95. The van der Waals surface area contributed by atoms with E-state index in [1.54, 1.807) is 0 Å². The second kappa shape index (κ2) is 13.1. The molecule has 0 saturated heterocycles. The number of hydrogen-bond donors (Lipinski definition) is 0. The van der Waals surface area contributed by atoms with Gasteiger partial charge >= 0.3 is 0 Å². The van der Waals surface area contributed by atoms with Crippen molar-refractivity contribution in [1.29, 1.82) is 0 Å². The van der Waals surface area contributed by atoms with Crippen LogP contribution in [0.1, 0.15) is 0 Å². The highest BCUT2D eigenvalue weighted by Gasteiger charge is 2.22. The van der Waals surface area contributed by atoms with E-state index in [4.69, 9.17) is 0 Å². The summed E-state index contributed by atoms with van der Waals surface area (Å²) in [6, 6.07) is 77.3. The summed E-state index contributed by atoms with van der Waals surface area (Å²) in [5, 5.41) is 7.59. The van der Waals surface area contributed by atoms with Crippen LogP contribution in [0.2, 0.25) is 0 Å². The summed E-state index contributed by atoms with van der Waals surface area (Å²) in [6.45, 7) is 0. The highest BCUT2D eigenvalue weighted by atomic mass is 32.1. The molecule has 0 aliphatic heterocycles. The van der Waals surface area contributed by atoms with Crippen molar-refractivity contribution in [3.8, 4) is 22.5 Å². The molecule has 0 fully saturated rings. The zero-order valence-corrected chi connectivity index (χ0v) is 32.3. The quantitative estimate of drug-likeness (QED) is 0.165. The SMILES string of the molecule is c1ccc(-c2ccc(N(c3ccc4c(c3)c3ccccc3n4-c3ccccc3)c3ccc4c(c3)c3c5sc6ccccc6c5ccc3n4-c3ccccc3)cc2)cc1. The lowest BCUT2D eigenvalue weighted by atomic mass is 10.0. The Morgan fingerprint density at radius 2 is 0.828 bits per heavy atom. The summed E-state index contributed by atoms with van der Waals surface area (Å²) in [5.41, 5.74) is 12.8. The van der Waals surface area contributed by atoms with Crippen molar-refractivity contribution in [2.45, 2.75) is 0 Å². The first-order valence-electron chi connectivity index (χ1n) is 19.8. The van der Waals surface area contributed by atoms with Gasteiger partial charge in [0, 0.05) is 70.2 Å². The van der Waals surface area contributed by atoms with Gasteiger partial charge in [0.1, 0.15) is 0 Å². The minimum Gasteiger partial charge on any atom is -0.310 e. The Morgan fingerprint density at radius 1 is 0.328 bits per heavy atom. The number of nitrogens with zero attached hydrogens (tertiary/aromatic N) is 3. The van der Waals surface area contributed by atoms with Crippen molar-refractivity contribution in [3.05, 3.63) is 212 Å². The molecule has 3 nitrogen and oxygen atoms in total. The number of rotatable bonds is 6. The lowest BCUT2D eigenvalue weighted by Gasteiger charge is -2.26. The molecule has 0 saturated carbocycles. The van der Waals surface area contributed by atoms with Gasteiger partial charge in [-0.05, 0) is 102 Å². The van der Waals surface area contributed by atoms with Gasteiger partial charge in [-0.25, -0.2) is 0 Å². The molecule has 9 aromatic carbocycles. The second-order valence-corrected chi connectivity index (χ2v) is 16.0. The lowest BCUT2D eigenvalue weighted by Crippen LogP contribution is -2.10. The van der Waals surface area contributed by atoms with Crippen molar-refractivity contribution in [2.24, 2.45) is 0 Å². The lowest BCUT2D eigenvalue weighted by molar-refractivity contribution is 1.18. The smallest absolute Gasteiger partial charge is 0.0555 e. The third-order valence-corrected chi connectivity index (χ3v) is 12.9. The number of para-hydroxylation sites is 3. The van der Waals surface area contributed by atoms with Crippen LogP contribution in [0, 0.1) is 0 Å². The molecule has 0 N–H and O–H groups in total. The maximum Gasteiger partial charge on any atom is 0.0555 e. The fourth-order valence-electron chi connectivity index (χ4n) is 9.10. The fraction of sp³-hybridized carbons (Fsp3) is 0. The van der Waals surface area contributed by atoms with E-state index in [2.05, 4.69) is 226 Å². The van der Waals surface area contributed by atoms with Gasteiger partial charge in [0.25, 0.3) is 0 Å². The summed E-state index contributed by atoms with van der Waals surface area (Å²) in [4.78, 5) is 2.43. The number of benzene rings is 9. The van der Waals surface area contributed by atoms with E-state index in [-0.39, 0.29) is 0 Å². The summed E-state index contributed by atoms with van der Waals surface area (Å²) in [6.07, 6.45) is 0. The van der Waals surface area contributed by atoms with E-state index in [0.717, 1.165) is 28.4 Å². The van der Waals surface area contributed by atoms with Crippen molar-refractivity contribution in [2.75, 3.05) is 4.90 Å². The molecule has 0 amide bonds. The van der Waals surface area contributed by atoms with Crippen LogP contribution in [0.4, 0.5) is 17.1 Å². The maximum atomic E-state index is 2.43. The molecular weight excluding hydrogens is 723 g/mol. The molecule has 0 aliphatic rings. The molecule has 0 atom stereocenters. The van der Waals surface area contributed by atoms with Gasteiger partial charge in [-0.15, -0.1) is 11.3 Å². The van der Waals surface area contributed by atoms with Crippen LogP contribution in [-0.2, 0) is 0 Å². The molecule has 3 heterocycles. The highest BCUT2D eigenvalue weighted by Crippen LogP contribution is 2.46. The molecule has 12 aromatic rings. The van der Waals surface area contributed by atoms with E-state index < -0.39 is 0 Å². The monoisotopic (exact) mass is 757 g/mol. The van der Waals surface area contributed by atoms with Gasteiger partial charge in [0.2, 0.25) is 0 Å². The minimum absolute atomic E-state index is 1.10. The summed E-state index contributed by atoms with van der Waals surface area (Å²) < 4.78 is 7.45. The molecule has 272 valence electrons. The molecule has 4 heteroatoms. The molecule has 0 aliphatic carbocycles. The summed E-state index contributed by atoms with van der Waals surface area (Å²) in [5.74, 6) is 0. The van der Waals surface area contributed by atoms with Crippen molar-refractivity contribution in [1.82, 2.24) is 9.13 Å². The Morgan fingerprint density at radius 3 is 1.53 bits per heavy atom. The zero-order valence-electron chi connectivity index (χ0n) is 31.5. The Hall–Kier alpha value is -7.40. The third kappa shape index (κ3) is 5.05. The van der Waals surface area contributed by atoms with E-state index in [0.29, 0.717) is 0 Å². The van der Waals surface area contributed by atoms with Gasteiger partial charge in [-0.1, -0.05) is 121 Å². The first kappa shape index (κ1) is 32.8. The molecule has 12 rings (SSSR count). The zero-order chi connectivity index (χ0) is 38.2. The highest BCUT2D eigenvalue weighted by molar-refractivity contribution is 7.26. The molecule has 0 spiro atoms. The molecule has 0 unspecified atom stereocenters. The van der Waals surface area contributed by atoms with Gasteiger partial charge in [0.15, 0.2) is 0 Å². The van der Waals surface area contributed by atoms with Crippen LogP contribution in [-0.4, -0.2) is 9.13 Å². The van der Waals surface area contributed by atoms with Crippen LogP contribution >= 0.6 is 11.3 Å². The Bertz CT molecular complexity index is 3490. The predicted octanol–water partition coefficient (Wildman–Crippen LogP) is 15.4. The number of anilines is 3. The number of thiophene rings is 1. The van der Waals surface area contributed by atoms with Crippen LogP contribution in [0.25, 0.3) is 86.3 Å². The van der Waals surface area contributed by atoms with Gasteiger partial charge in [-0.3, -0.25) is 0 Å².